The second-order valence-corrected chi connectivity index (χ2v) is 6.64. The van der Waals surface area contributed by atoms with Crippen LogP contribution in [0.5, 0.6) is 23.0 Å². The number of halogens is 10. The fourth-order valence-corrected chi connectivity index (χ4v) is 2.79. The van der Waals surface area contributed by atoms with Gasteiger partial charge in [0.25, 0.3) is 0 Å². The molecule has 0 spiro atoms. The van der Waals surface area contributed by atoms with Crippen LogP contribution in [0.25, 0.3) is 0 Å². The summed E-state index contributed by atoms with van der Waals surface area (Å²) in [5.41, 5.74) is 5.14. The third-order valence-corrected chi connectivity index (χ3v) is 4.17. The van der Waals surface area contributed by atoms with Crippen molar-refractivity contribution in [1.29, 1.82) is 0 Å². The summed E-state index contributed by atoms with van der Waals surface area (Å²) >= 11 is 0. The van der Waals surface area contributed by atoms with Crippen molar-refractivity contribution in [1.82, 2.24) is 0 Å². The van der Waals surface area contributed by atoms with Gasteiger partial charge in [-0.1, -0.05) is 0 Å². The van der Waals surface area contributed by atoms with Crippen LogP contribution in [-0.4, -0.2) is 0 Å². The number of benzene rings is 3. The molecule has 0 radical (unpaired) electrons. The highest BCUT2D eigenvalue weighted by Gasteiger charge is 2.45. The highest BCUT2D eigenvalue weighted by atomic mass is 19.4. The molecule has 0 unspecified atom stereocenters. The SMILES string of the molecule is Nc1cc(F)c(F)c(Oc2ccc(C(F)(F)F)c(Oc3cc(N)cc(F)c3F)c2C(F)(F)F)c1. The maximum absolute atomic E-state index is 14.1. The highest BCUT2D eigenvalue weighted by Crippen LogP contribution is 2.51. The molecule has 0 aliphatic carbocycles. The zero-order valence-electron chi connectivity index (χ0n) is 16.2. The van der Waals surface area contributed by atoms with Gasteiger partial charge in [-0.25, -0.2) is 8.78 Å². The summed E-state index contributed by atoms with van der Waals surface area (Å²) < 4.78 is 147. The van der Waals surface area contributed by atoms with E-state index in [1.165, 1.54) is 0 Å². The Labute approximate surface area is 183 Å². The van der Waals surface area contributed by atoms with Crippen LogP contribution >= 0.6 is 0 Å². The van der Waals surface area contributed by atoms with E-state index >= 15 is 0 Å². The number of nitrogens with two attached hydrogens (primary N) is 2. The molecule has 0 bridgehead atoms. The summed E-state index contributed by atoms with van der Waals surface area (Å²) in [5.74, 6) is -13.2. The summed E-state index contributed by atoms with van der Waals surface area (Å²) in [7, 11) is 0. The molecule has 3 aromatic rings. The van der Waals surface area contributed by atoms with Crippen LogP contribution in [-0.2, 0) is 12.4 Å². The maximum Gasteiger partial charge on any atom is 0.423 e. The molecule has 0 saturated heterocycles. The van der Waals surface area contributed by atoms with E-state index in [0.717, 1.165) is 0 Å². The first-order chi connectivity index (χ1) is 15.6. The van der Waals surface area contributed by atoms with Crippen molar-refractivity contribution in [2.45, 2.75) is 12.4 Å². The van der Waals surface area contributed by atoms with Crippen LogP contribution in [0, 0.1) is 23.3 Å². The van der Waals surface area contributed by atoms with Gasteiger partial charge in [0, 0.05) is 35.6 Å². The molecule has 0 saturated carbocycles. The molecular weight excluding hydrogens is 490 g/mol. The normalized spacial score (nSPS) is 12.1. The second-order valence-electron chi connectivity index (χ2n) is 6.64. The van der Waals surface area contributed by atoms with E-state index in [1.807, 2.05) is 0 Å². The van der Waals surface area contributed by atoms with Crippen LogP contribution in [0.15, 0.2) is 36.4 Å². The van der Waals surface area contributed by atoms with E-state index in [-0.39, 0.29) is 12.1 Å². The Morgan fingerprint density at radius 2 is 1.06 bits per heavy atom. The van der Waals surface area contributed by atoms with Gasteiger partial charge in [-0.2, -0.15) is 35.1 Å². The van der Waals surface area contributed by atoms with Gasteiger partial charge >= 0.3 is 12.4 Å². The maximum atomic E-state index is 14.1. The molecule has 0 amide bonds. The number of anilines is 2. The molecule has 0 fully saturated rings. The van der Waals surface area contributed by atoms with Crippen molar-refractivity contribution < 1.29 is 53.4 Å². The zero-order valence-corrected chi connectivity index (χ0v) is 16.2. The van der Waals surface area contributed by atoms with E-state index in [2.05, 4.69) is 4.74 Å². The topological polar surface area (TPSA) is 70.5 Å². The first-order valence-corrected chi connectivity index (χ1v) is 8.75. The predicted molar refractivity (Wildman–Crippen MR) is 98.1 cm³/mol. The standard InChI is InChI=1S/C20H10F10N2O2/c21-10-3-7(31)5-13(16(10)23)33-12-2-1-9(19(25,26)27)18(15(12)20(28,29)30)34-14-6-8(32)4-11(22)17(14)24/h1-6H,31-32H2. The zero-order chi connectivity index (χ0) is 25.6. The third kappa shape index (κ3) is 4.89. The quantitative estimate of drug-likeness (QED) is 0.298. The first kappa shape index (κ1) is 24.8. The van der Waals surface area contributed by atoms with Gasteiger partial charge in [-0.15, -0.1) is 0 Å². The average Bonchev–Trinajstić information content (AvgIpc) is 2.67. The van der Waals surface area contributed by atoms with Crippen molar-refractivity contribution in [3.05, 3.63) is 70.8 Å². The Morgan fingerprint density at radius 1 is 0.588 bits per heavy atom. The highest BCUT2D eigenvalue weighted by molar-refractivity contribution is 5.57. The van der Waals surface area contributed by atoms with Crippen molar-refractivity contribution in [3.63, 3.8) is 0 Å². The summed E-state index contributed by atoms with van der Waals surface area (Å²) in [5, 5.41) is 0. The lowest BCUT2D eigenvalue weighted by molar-refractivity contribution is -0.145. The molecule has 182 valence electrons. The van der Waals surface area contributed by atoms with Gasteiger partial charge in [-0.05, 0) is 12.1 Å². The number of ether oxygens (including phenoxy) is 2. The number of rotatable bonds is 4. The third-order valence-electron chi connectivity index (χ3n) is 4.17. The van der Waals surface area contributed by atoms with Crippen molar-refractivity contribution in [2.24, 2.45) is 0 Å². The lowest BCUT2D eigenvalue weighted by Gasteiger charge is -2.22. The molecule has 3 aromatic carbocycles. The fourth-order valence-electron chi connectivity index (χ4n) is 2.79. The van der Waals surface area contributed by atoms with E-state index in [9.17, 15) is 43.9 Å². The lowest BCUT2D eigenvalue weighted by Crippen LogP contribution is -2.15. The molecular formula is C20H10F10N2O2. The Morgan fingerprint density at radius 3 is 1.50 bits per heavy atom. The number of alkyl halides is 6. The smallest absolute Gasteiger partial charge is 0.423 e. The molecule has 4 N–H and O–H groups in total. The predicted octanol–water partition coefficient (Wildman–Crippen LogP) is 7.03. The van der Waals surface area contributed by atoms with Crippen molar-refractivity contribution in [3.8, 4) is 23.0 Å². The van der Waals surface area contributed by atoms with Crippen LogP contribution in [0.3, 0.4) is 0 Å². The number of nitrogen functional groups attached to an aromatic ring is 2. The number of hydrogen-bond acceptors (Lipinski definition) is 4. The minimum absolute atomic E-state index is 0.0566. The Kier molecular flexibility index (Phi) is 6.20. The van der Waals surface area contributed by atoms with E-state index in [4.69, 9.17) is 16.2 Å². The Hall–Kier alpha value is -3.84. The molecule has 14 heteroatoms. The average molecular weight is 500 g/mol. The molecule has 0 atom stereocenters. The summed E-state index contributed by atoms with van der Waals surface area (Å²) in [6.07, 6.45) is -11.2. The molecule has 0 aliphatic heterocycles. The van der Waals surface area contributed by atoms with Gasteiger partial charge in [0.1, 0.15) is 11.3 Å². The first-order valence-electron chi connectivity index (χ1n) is 8.75. The van der Waals surface area contributed by atoms with Gasteiger partial charge < -0.3 is 20.9 Å². The van der Waals surface area contributed by atoms with Crippen molar-refractivity contribution in [2.75, 3.05) is 11.5 Å². The summed E-state index contributed by atoms with van der Waals surface area (Å²) in [4.78, 5) is 0. The Bertz CT molecular complexity index is 1260. The largest absolute Gasteiger partial charge is 0.453 e. The van der Waals surface area contributed by atoms with Gasteiger partial charge in [0.2, 0.25) is 11.6 Å². The van der Waals surface area contributed by atoms with Crippen LogP contribution in [0.1, 0.15) is 11.1 Å². The second kappa shape index (κ2) is 8.50. The molecule has 34 heavy (non-hydrogen) atoms. The van der Waals surface area contributed by atoms with Gasteiger partial charge in [0.05, 0.1) is 5.56 Å². The van der Waals surface area contributed by atoms with E-state index in [0.29, 0.717) is 24.3 Å². The van der Waals surface area contributed by atoms with E-state index < -0.39 is 81.1 Å². The monoisotopic (exact) mass is 500 g/mol. The van der Waals surface area contributed by atoms with Gasteiger partial charge in [-0.3, -0.25) is 0 Å². The van der Waals surface area contributed by atoms with Crippen molar-refractivity contribution >= 4 is 11.4 Å². The minimum Gasteiger partial charge on any atom is -0.453 e. The van der Waals surface area contributed by atoms with E-state index in [1.54, 1.807) is 0 Å². The Balaban J connectivity index is 2.30. The minimum atomic E-state index is -5.68. The van der Waals surface area contributed by atoms with Gasteiger partial charge in [0.15, 0.2) is 28.9 Å². The lowest BCUT2D eigenvalue weighted by atomic mass is 10.1. The van der Waals surface area contributed by atoms with Crippen LogP contribution < -0.4 is 20.9 Å². The molecule has 0 aromatic heterocycles. The molecule has 0 aliphatic rings. The molecule has 4 nitrogen and oxygen atoms in total. The van der Waals surface area contributed by atoms with Crippen LogP contribution in [0.4, 0.5) is 55.3 Å². The van der Waals surface area contributed by atoms with Crippen LogP contribution in [0.2, 0.25) is 0 Å². The number of hydrogen-bond donors (Lipinski definition) is 2. The molecule has 0 heterocycles. The summed E-state index contributed by atoms with van der Waals surface area (Å²) in [6, 6.07) is 2.12. The summed E-state index contributed by atoms with van der Waals surface area (Å²) in [6.45, 7) is 0. The fraction of sp³-hybridized carbons (Fsp3) is 0.100. The molecule has 3 rings (SSSR count).